The van der Waals surface area contributed by atoms with Crippen LogP contribution in [-0.2, 0) is 0 Å². The maximum absolute atomic E-state index is 11.9. The summed E-state index contributed by atoms with van der Waals surface area (Å²) in [6, 6.07) is 10.5. The Balaban J connectivity index is 2.57. The van der Waals surface area contributed by atoms with Gasteiger partial charge in [-0.15, -0.1) is 0 Å². The number of aryl methyl sites for hydroxylation is 1. The minimum atomic E-state index is -0.126. The summed E-state index contributed by atoms with van der Waals surface area (Å²) in [7, 11) is 0. The molecule has 0 atom stereocenters. The van der Waals surface area contributed by atoms with Gasteiger partial charge in [0.2, 0.25) is 0 Å². The van der Waals surface area contributed by atoms with Gasteiger partial charge in [0, 0.05) is 13.6 Å². The van der Waals surface area contributed by atoms with Crippen LogP contribution in [0.2, 0.25) is 0 Å². The Morgan fingerprint density at radius 2 is 2.12 bits per heavy atom. The van der Waals surface area contributed by atoms with Gasteiger partial charge in [0.05, 0.1) is 12.3 Å². The lowest BCUT2D eigenvalue weighted by Crippen LogP contribution is -2.17. The second-order valence-electron chi connectivity index (χ2n) is 3.65. The molecule has 1 aromatic heterocycles. The predicted molar refractivity (Wildman–Crippen MR) is 67.9 cm³/mol. The highest BCUT2D eigenvalue weighted by atomic mass is 16.5. The van der Waals surface area contributed by atoms with Gasteiger partial charge in [0.25, 0.3) is 5.56 Å². The van der Waals surface area contributed by atoms with Crippen LogP contribution in [0.5, 0.6) is 5.75 Å². The van der Waals surface area contributed by atoms with Crippen molar-refractivity contribution in [1.82, 2.24) is 4.57 Å². The lowest BCUT2D eigenvalue weighted by molar-refractivity contribution is 0.339. The molecule has 3 heteroatoms. The van der Waals surface area contributed by atoms with E-state index in [1.54, 1.807) is 12.3 Å². The van der Waals surface area contributed by atoms with Crippen molar-refractivity contribution in [3.8, 4) is 11.4 Å². The zero-order valence-electron chi connectivity index (χ0n) is 10.7. The van der Waals surface area contributed by atoms with E-state index in [1.807, 2.05) is 31.2 Å². The van der Waals surface area contributed by atoms with Gasteiger partial charge < -0.3 is 4.74 Å². The predicted octanol–water partition coefficient (Wildman–Crippen LogP) is 2.54. The monoisotopic (exact) mass is 230 g/mol. The summed E-state index contributed by atoms with van der Waals surface area (Å²) in [6.45, 7) is 2.60. The SMILES string of the molecule is [2H]Cc1ccc(=O)n(-c2ccccc2OCC)c1. The van der Waals surface area contributed by atoms with Gasteiger partial charge >= 0.3 is 0 Å². The van der Waals surface area contributed by atoms with Crippen molar-refractivity contribution >= 4 is 0 Å². The third-order valence-electron chi connectivity index (χ3n) is 2.40. The smallest absolute Gasteiger partial charge is 0.255 e. The van der Waals surface area contributed by atoms with E-state index < -0.39 is 0 Å². The van der Waals surface area contributed by atoms with Crippen LogP contribution in [0, 0.1) is 6.90 Å². The summed E-state index contributed by atoms with van der Waals surface area (Å²) >= 11 is 0. The Kier molecular flexibility index (Phi) is 2.91. The van der Waals surface area contributed by atoms with E-state index in [4.69, 9.17) is 6.11 Å². The summed E-state index contributed by atoms with van der Waals surface area (Å²) in [5.74, 6) is 0.671. The van der Waals surface area contributed by atoms with Crippen molar-refractivity contribution in [1.29, 1.82) is 0 Å². The fourth-order valence-electron chi connectivity index (χ4n) is 1.65. The molecule has 0 unspecified atom stereocenters. The first-order valence-corrected chi connectivity index (χ1v) is 5.49. The lowest BCUT2D eigenvalue weighted by atomic mass is 10.2. The summed E-state index contributed by atoms with van der Waals surface area (Å²) in [4.78, 5) is 11.9. The highest BCUT2D eigenvalue weighted by Crippen LogP contribution is 2.21. The first kappa shape index (κ1) is 10.1. The molecule has 1 aromatic carbocycles. The second kappa shape index (κ2) is 4.87. The molecule has 0 aliphatic carbocycles. The van der Waals surface area contributed by atoms with Crippen molar-refractivity contribution in [2.24, 2.45) is 0 Å². The maximum atomic E-state index is 11.9. The first-order chi connectivity index (χ1) is 8.76. The molecule has 0 spiro atoms. The van der Waals surface area contributed by atoms with Crippen LogP contribution < -0.4 is 10.3 Å². The largest absolute Gasteiger partial charge is 0.492 e. The average Bonchev–Trinajstić information content (AvgIpc) is 2.41. The molecule has 88 valence electrons. The molecule has 2 rings (SSSR count). The number of pyridine rings is 1. The standard InChI is InChI=1S/C14H15NO2/c1-3-17-13-7-5-4-6-12(13)15-10-11(2)8-9-14(15)16/h4-10H,3H2,1-2H3/i2D. The molecule has 0 aliphatic rings. The third kappa shape index (κ3) is 2.38. The van der Waals surface area contributed by atoms with Crippen LogP contribution in [0.1, 0.15) is 13.9 Å². The molecular formula is C14H15NO2. The molecule has 0 radical (unpaired) electrons. The number of para-hydroxylation sites is 2. The van der Waals surface area contributed by atoms with E-state index in [9.17, 15) is 4.79 Å². The zero-order valence-corrected chi connectivity index (χ0v) is 9.72. The maximum Gasteiger partial charge on any atom is 0.255 e. The molecule has 3 nitrogen and oxygen atoms in total. The van der Waals surface area contributed by atoms with Gasteiger partial charge in [-0.1, -0.05) is 18.2 Å². The summed E-state index contributed by atoms with van der Waals surface area (Å²) < 4.78 is 14.4. The third-order valence-corrected chi connectivity index (χ3v) is 2.40. The van der Waals surface area contributed by atoms with Crippen LogP contribution in [0.4, 0.5) is 0 Å². The van der Waals surface area contributed by atoms with Gasteiger partial charge in [-0.3, -0.25) is 9.36 Å². The Morgan fingerprint density at radius 3 is 2.88 bits per heavy atom. The molecule has 0 fully saturated rings. The van der Waals surface area contributed by atoms with Crippen molar-refractivity contribution in [2.75, 3.05) is 6.61 Å². The van der Waals surface area contributed by atoms with Gasteiger partial charge in [0.1, 0.15) is 5.75 Å². The van der Waals surface area contributed by atoms with Crippen molar-refractivity contribution < 1.29 is 6.11 Å². The van der Waals surface area contributed by atoms with Crippen LogP contribution in [-0.4, -0.2) is 11.2 Å². The normalized spacial score (nSPS) is 11.0. The van der Waals surface area contributed by atoms with Crippen molar-refractivity contribution in [2.45, 2.75) is 13.8 Å². The van der Waals surface area contributed by atoms with Crippen LogP contribution in [0.15, 0.2) is 47.4 Å². The molecule has 2 aromatic rings. The lowest BCUT2D eigenvalue weighted by Gasteiger charge is -2.12. The van der Waals surface area contributed by atoms with Crippen LogP contribution >= 0.6 is 0 Å². The van der Waals surface area contributed by atoms with E-state index >= 15 is 0 Å². The summed E-state index contributed by atoms with van der Waals surface area (Å²) in [5.41, 5.74) is 1.37. The molecule has 0 amide bonds. The van der Waals surface area contributed by atoms with Crippen molar-refractivity contribution in [3.05, 3.63) is 58.5 Å². The van der Waals surface area contributed by atoms with Crippen LogP contribution in [0.3, 0.4) is 0 Å². The quantitative estimate of drug-likeness (QED) is 0.811. The Bertz CT molecular complexity index is 592. The van der Waals surface area contributed by atoms with Crippen molar-refractivity contribution in [3.63, 3.8) is 0 Å². The number of ether oxygens (including phenoxy) is 1. The number of rotatable bonds is 3. The molecule has 0 aliphatic heterocycles. The molecule has 1 heterocycles. The van der Waals surface area contributed by atoms with Crippen LogP contribution in [0.25, 0.3) is 5.69 Å². The molecule has 0 bridgehead atoms. The topological polar surface area (TPSA) is 31.2 Å². The summed E-state index contributed by atoms with van der Waals surface area (Å²) in [5, 5.41) is 0. The average molecular weight is 230 g/mol. The molecule has 0 saturated heterocycles. The van der Waals surface area contributed by atoms with E-state index in [0.29, 0.717) is 18.0 Å². The van der Waals surface area contributed by atoms with Gasteiger partial charge in [-0.2, -0.15) is 0 Å². The fourth-order valence-corrected chi connectivity index (χ4v) is 1.65. The van der Waals surface area contributed by atoms with E-state index in [2.05, 4.69) is 0 Å². The van der Waals surface area contributed by atoms with Gasteiger partial charge in [-0.05, 0) is 31.5 Å². The number of nitrogens with zero attached hydrogens (tertiary/aromatic N) is 1. The molecule has 17 heavy (non-hydrogen) atoms. The Morgan fingerprint density at radius 1 is 1.29 bits per heavy atom. The van der Waals surface area contributed by atoms with E-state index in [-0.39, 0.29) is 12.5 Å². The highest BCUT2D eigenvalue weighted by Gasteiger charge is 2.06. The fraction of sp³-hybridized carbons (Fsp3) is 0.214. The number of hydrogen-bond acceptors (Lipinski definition) is 2. The van der Waals surface area contributed by atoms with E-state index in [1.165, 1.54) is 10.6 Å². The number of benzene rings is 1. The minimum absolute atomic E-state index is 0.126. The van der Waals surface area contributed by atoms with Gasteiger partial charge in [0.15, 0.2) is 0 Å². The number of hydrogen-bond donors (Lipinski definition) is 0. The van der Waals surface area contributed by atoms with E-state index in [0.717, 1.165) is 5.56 Å². The minimum Gasteiger partial charge on any atom is -0.492 e. The highest BCUT2D eigenvalue weighted by molar-refractivity contribution is 5.46. The molecule has 0 N–H and O–H groups in total. The summed E-state index contributed by atoms with van der Waals surface area (Å²) in [6.07, 6.45) is 1.69. The molecular weight excluding hydrogens is 214 g/mol. The first-order valence-electron chi connectivity index (χ1n) is 6.20. The van der Waals surface area contributed by atoms with Gasteiger partial charge in [-0.25, -0.2) is 0 Å². The number of aromatic nitrogens is 1. The Labute approximate surface area is 102 Å². The molecule has 0 saturated carbocycles. The zero-order chi connectivity index (χ0) is 13.0. The Hall–Kier alpha value is -2.03. The second-order valence-corrected chi connectivity index (χ2v) is 3.65.